The van der Waals surface area contributed by atoms with E-state index in [9.17, 15) is 0 Å². The van der Waals surface area contributed by atoms with Crippen molar-refractivity contribution in [3.8, 4) is 11.5 Å². The molecule has 0 spiro atoms. The van der Waals surface area contributed by atoms with Gasteiger partial charge in [-0.25, -0.2) is 0 Å². The number of ether oxygens (including phenoxy) is 2. The lowest BCUT2D eigenvalue weighted by molar-refractivity contribution is 0.313. The third-order valence-electron chi connectivity index (χ3n) is 3.07. The topological polar surface area (TPSA) is 30.5 Å². The van der Waals surface area contributed by atoms with Gasteiger partial charge >= 0.3 is 0 Å². The molecule has 3 heteroatoms. The van der Waals surface area contributed by atoms with Crippen molar-refractivity contribution in [1.82, 2.24) is 5.32 Å². The van der Waals surface area contributed by atoms with E-state index in [1.807, 2.05) is 12.1 Å². The monoisotopic (exact) mass is 277 g/mol. The van der Waals surface area contributed by atoms with Crippen LogP contribution >= 0.6 is 0 Å². The summed E-state index contributed by atoms with van der Waals surface area (Å²) in [6.07, 6.45) is 0.927. The molecule has 3 nitrogen and oxygen atoms in total. The summed E-state index contributed by atoms with van der Waals surface area (Å²) in [5.41, 5.74) is 2.20. The molecule has 0 saturated carbocycles. The van der Waals surface area contributed by atoms with Gasteiger partial charge in [0.1, 0.15) is 6.61 Å². The third kappa shape index (κ3) is 5.25. The summed E-state index contributed by atoms with van der Waals surface area (Å²) in [5, 5.41) is 3.44. The van der Waals surface area contributed by atoms with E-state index < -0.39 is 0 Å². The predicted molar refractivity (Wildman–Crippen MR) is 84.5 cm³/mol. The van der Waals surface area contributed by atoms with E-state index >= 15 is 0 Å². The second-order valence-corrected chi connectivity index (χ2v) is 5.37. The molecule has 1 aromatic carbocycles. The van der Waals surface area contributed by atoms with E-state index in [1.54, 1.807) is 7.11 Å². The van der Waals surface area contributed by atoms with E-state index in [0.717, 1.165) is 42.1 Å². The molecule has 0 atom stereocenters. The van der Waals surface area contributed by atoms with Crippen molar-refractivity contribution in [2.75, 3.05) is 20.3 Å². The number of nitrogens with one attached hydrogen (secondary N) is 1. The zero-order valence-corrected chi connectivity index (χ0v) is 13.2. The quantitative estimate of drug-likeness (QED) is 0.697. The molecule has 0 saturated heterocycles. The zero-order chi connectivity index (χ0) is 15.0. The fourth-order valence-corrected chi connectivity index (χ4v) is 1.80. The van der Waals surface area contributed by atoms with Crippen LogP contribution in [-0.2, 0) is 6.54 Å². The maximum Gasteiger partial charge on any atom is 0.166 e. The molecule has 0 unspecified atom stereocenters. The Labute approximate surface area is 123 Å². The normalized spacial score (nSPS) is 10.7. The minimum Gasteiger partial charge on any atom is -0.493 e. The highest BCUT2D eigenvalue weighted by atomic mass is 16.5. The second kappa shape index (κ2) is 8.64. The second-order valence-electron chi connectivity index (χ2n) is 5.37. The fraction of sp³-hybridized carbons (Fsp3) is 0.529. The molecular formula is C17H27NO2. The minimum atomic E-state index is 0.536. The van der Waals surface area contributed by atoms with Gasteiger partial charge in [0.2, 0.25) is 0 Å². The van der Waals surface area contributed by atoms with Crippen LogP contribution in [-0.4, -0.2) is 20.3 Å². The van der Waals surface area contributed by atoms with Gasteiger partial charge in [-0.3, -0.25) is 0 Å². The maximum absolute atomic E-state index is 5.90. The first-order valence-corrected chi connectivity index (χ1v) is 7.24. The Morgan fingerprint density at radius 3 is 2.70 bits per heavy atom. The molecule has 1 aromatic rings. The molecular weight excluding hydrogens is 250 g/mol. The van der Waals surface area contributed by atoms with E-state index in [-0.39, 0.29) is 0 Å². The van der Waals surface area contributed by atoms with Crippen LogP contribution in [0.4, 0.5) is 0 Å². The van der Waals surface area contributed by atoms with Crippen LogP contribution in [0.3, 0.4) is 0 Å². The lowest BCUT2D eigenvalue weighted by atomic mass is 10.1. The number of benzene rings is 1. The summed E-state index contributed by atoms with van der Waals surface area (Å²) in [7, 11) is 1.67. The summed E-state index contributed by atoms with van der Waals surface area (Å²) in [6, 6.07) is 5.99. The van der Waals surface area contributed by atoms with Crippen LogP contribution in [0.2, 0.25) is 0 Å². The Hall–Kier alpha value is -1.48. The highest BCUT2D eigenvalue weighted by molar-refractivity contribution is 5.46. The van der Waals surface area contributed by atoms with Crippen LogP contribution in [0.15, 0.2) is 30.4 Å². The lowest BCUT2D eigenvalue weighted by Crippen LogP contribution is -2.19. The van der Waals surface area contributed by atoms with Crippen LogP contribution in [0.1, 0.15) is 32.8 Å². The molecule has 0 bridgehead atoms. The van der Waals surface area contributed by atoms with Crippen molar-refractivity contribution in [2.24, 2.45) is 5.92 Å². The zero-order valence-electron chi connectivity index (χ0n) is 13.2. The molecule has 0 aliphatic carbocycles. The number of hydrogen-bond donors (Lipinski definition) is 1. The molecule has 0 aromatic heterocycles. The van der Waals surface area contributed by atoms with Gasteiger partial charge in [0, 0.05) is 12.1 Å². The van der Waals surface area contributed by atoms with Crippen LogP contribution in [0.25, 0.3) is 0 Å². The van der Waals surface area contributed by atoms with Crippen molar-refractivity contribution in [3.05, 3.63) is 35.9 Å². The van der Waals surface area contributed by atoms with Crippen molar-refractivity contribution in [1.29, 1.82) is 0 Å². The average molecular weight is 277 g/mol. The van der Waals surface area contributed by atoms with Crippen molar-refractivity contribution in [2.45, 2.75) is 33.7 Å². The Morgan fingerprint density at radius 1 is 1.35 bits per heavy atom. The largest absolute Gasteiger partial charge is 0.493 e. The maximum atomic E-state index is 5.90. The first-order chi connectivity index (χ1) is 9.58. The summed E-state index contributed by atoms with van der Waals surface area (Å²) >= 11 is 0. The van der Waals surface area contributed by atoms with Gasteiger partial charge in [-0.1, -0.05) is 39.5 Å². The molecule has 0 aliphatic heterocycles. The van der Waals surface area contributed by atoms with Gasteiger partial charge in [0.15, 0.2) is 11.5 Å². The summed E-state index contributed by atoms with van der Waals surface area (Å²) < 4.78 is 11.3. The highest BCUT2D eigenvalue weighted by Gasteiger charge is 2.10. The minimum absolute atomic E-state index is 0.536. The van der Waals surface area contributed by atoms with Crippen LogP contribution in [0.5, 0.6) is 11.5 Å². The van der Waals surface area contributed by atoms with Gasteiger partial charge in [0.05, 0.1) is 7.11 Å². The molecule has 0 fully saturated rings. The van der Waals surface area contributed by atoms with E-state index in [0.29, 0.717) is 12.5 Å². The standard InChI is InChI=1S/C17H27NO2/c1-6-14(4)12-20-17-15(11-18-10-13(2)3)8-7-9-16(17)19-5/h7-9,13,18H,4,6,10-12H2,1-3,5H3. The number of hydrogen-bond acceptors (Lipinski definition) is 3. The fourth-order valence-electron chi connectivity index (χ4n) is 1.80. The molecule has 0 aliphatic rings. The molecule has 0 heterocycles. The van der Waals surface area contributed by atoms with Crippen LogP contribution in [0, 0.1) is 5.92 Å². The van der Waals surface area contributed by atoms with Gasteiger partial charge in [-0.15, -0.1) is 0 Å². The molecule has 112 valence electrons. The smallest absolute Gasteiger partial charge is 0.166 e. The van der Waals surface area contributed by atoms with Crippen molar-refractivity contribution >= 4 is 0 Å². The van der Waals surface area contributed by atoms with E-state index in [1.165, 1.54) is 0 Å². The third-order valence-corrected chi connectivity index (χ3v) is 3.07. The van der Waals surface area contributed by atoms with Gasteiger partial charge in [-0.05, 0) is 30.5 Å². The van der Waals surface area contributed by atoms with Gasteiger partial charge < -0.3 is 14.8 Å². The summed E-state index contributed by atoms with van der Waals surface area (Å²) in [5.74, 6) is 2.23. The van der Waals surface area contributed by atoms with Crippen molar-refractivity contribution in [3.63, 3.8) is 0 Å². The predicted octanol–water partition coefficient (Wildman–Crippen LogP) is 3.79. The molecule has 20 heavy (non-hydrogen) atoms. The van der Waals surface area contributed by atoms with Gasteiger partial charge in [-0.2, -0.15) is 0 Å². The average Bonchev–Trinajstić information content (AvgIpc) is 2.44. The van der Waals surface area contributed by atoms with Crippen LogP contribution < -0.4 is 14.8 Å². The highest BCUT2D eigenvalue weighted by Crippen LogP contribution is 2.31. The lowest BCUT2D eigenvalue weighted by Gasteiger charge is -2.16. The molecule has 1 N–H and O–H groups in total. The number of para-hydroxylation sites is 1. The Bertz CT molecular complexity index is 427. The molecule has 0 amide bonds. The Kier molecular flexibility index (Phi) is 7.16. The van der Waals surface area contributed by atoms with E-state index in [4.69, 9.17) is 9.47 Å². The first-order valence-electron chi connectivity index (χ1n) is 7.24. The van der Waals surface area contributed by atoms with Gasteiger partial charge in [0.25, 0.3) is 0 Å². The SMILES string of the molecule is C=C(CC)COc1c(CNCC(C)C)cccc1OC. The number of rotatable bonds is 9. The Morgan fingerprint density at radius 2 is 2.10 bits per heavy atom. The number of methoxy groups -OCH3 is 1. The molecule has 1 rings (SSSR count). The molecule has 0 radical (unpaired) electrons. The summed E-state index contributed by atoms with van der Waals surface area (Å²) in [4.78, 5) is 0. The van der Waals surface area contributed by atoms with E-state index in [2.05, 4.69) is 38.7 Å². The van der Waals surface area contributed by atoms with Crippen molar-refractivity contribution < 1.29 is 9.47 Å². The first kappa shape index (κ1) is 16.6. The Balaban J connectivity index is 2.78. The summed E-state index contributed by atoms with van der Waals surface area (Å²) in [6.45, 7) is 12.8.